The van der Waals surface area contributed by atoms with Crippen molar-refractivity contribution in [2.45, 2.75) is 38.2 Å². The molecule has 2 N–H and O–H groups in total. The second kappa shape index (κ2) is 5.33. The van der Waals surface area contributed by atoms with Crippen molar-refractivity contribution in [3.8, 4) is 0 Å². The van der Waals surface area contributed by atoms with Gasteiger partial charge in [-0.2, -0.15) is 0 Å². The minimum Gasteiger partial charge on any atom is -0.459 e. The Balaban J connectivity index is 2.10. The normalized spacial score (nSPS) is 16.6. The lowest BCUT2D eigenvalue weighted by Crippen LogP contribution is -2.21. The van der Waals surface area contributed by atoms with Gasteiger partial charge < -0.3 is 10.5 Å². The fraction of sp³-hybridized carbons (Fsp3) is 0.462. The van der Waals surface area contributed by atoms with Crippen LogP contribution in [0.2, 0.25) is 0 Å². The number of nitrogens with two attached hydrogens (primary N) is 1. The molecular formula is C13H15F2NO2. The number of nitrogen functional groups attached to an aromatic ring is 1. The first-order chi connectivity index (χ1) is 8.58. The monoisotopic (exact) mass is 255 g/mol. The minimum atomic E-state index is -0.942. The fourth-order valence-corrected chi connectivity index (χ4v) is 2.12. The molecule has 1 saturated carbocycles. The number of hydrogen-bond acceptors (Lipinski definition) is 3. The van der Waals surface area contributed by atoms with Gasteiger partial charge in [-0.3, -0.25) is 0 Å². The summed E-state index contributed by atoms with van der Waals surface area (Å²) in [6, 6.07) is 1.59. The van der Waals surface area contributed by atoms with Crippen molar-refractivity contribution in [3.63, 3.8) is 0 Å². The van der Waals surface area contributed by atoms with E-state index in [0.29, 0.717) is 6.07 Å². The van der Waals surface area contributed by atoms with Gasteiger partial charge in [-0.25, -0.2) is 13.6 Å². The highest BCUT2D eigenvalue weighted by atomic mass is 19.1. The molecule has 0 saturated heterocycles. The molecule has 2 rings (SSSR count). The molecule has 0 spiro atoms. The van der Waals surface area contributed by atoms with Crippen LogP contribution in [0, 0.1) is 11.6 Å². The zero-order chi connectivity index (χ0) is 13.1. The molecule has 0 aromatic heterocycles. The van der Waals surface area contributed by atoms with E-state index in [1.165, 1.54) is 0 Å². The summed E-state index contributed by atoms with van der Waals surface area (Å²) in [5.74, 6) is -2.59. The highest BCUT2D eigenvalue weighted by Crippen LogP contribution is 2.23. The maximum atomic E-state index is 13.4. The van der Waals surface area contributed by atoms with Crippen LogP contribution in [0.3, 0.4) is 0 Å². The van der Waals surface area contributed by atoms with E-state index in [0.717, 1.165) is 38.2 Å². The molecule has 0 aliphatic heterocycles. The summed E-state index contributed by atoms with van der Waals surface area (Å²) in [5, 5.41) is 0. The fourth-order valence-electron chi connectivity index (χ4n) is 2.12. The molecule has 0 radical (unpaired) electrons. The molecule has 1 aliphatic carbocycles. The average molecular weight is 255 g/mol. The van der Waals surface area contributed by atoms with Gasteiger partial charge in [0.2, 0.25) is 0 Å². The van der Waals surface area contributed by atoms with Gasteiger partial charge in [0.25, 0.3) is 0 Å². The van der Waals surface area contributed by atoms with E-state index in [1.807, 2.05) is 0 Å². The number of anilines is 1. The lowest BCUT2D eigenvalue weighted by atomic mass is 9.98. The lowest BCUT2D eigenvalue weighted by Gasteiger charge is -2.21. The van der Waals surface area contributed by atoms with E-state index < -0.39 is 17.6 Å². The number of hydrogen-bond donors (Lipinski definition) is 1. The van der Waals surface area contributed by atoms with E-state index in [2.05, 4.69) is 0 Å². The number of halogens is 2. The predicted molar refractivity (Wildman–Crippen MR) is 63.1 cm³/mol. The van der Waals surface area contributed by atoms with Crippen molar-refractivity contribution >= 4 is 11.7 Å². The summed E-state index contributed by atoms with van der Waals surface area (Å²) in [4.78, 5) is 11.8. The van der Waals surface area contributed by atoms with Crippen LogP contribution < -0.4 is 5.73 Å². The molecule has 1 aliphatic rings. The second-order valence-corrected chi connectivity index (χ2v) is 4.52. The Hall–Kier alpha value is -1.65. The van der Waals surface area contributed by atoms with E-state index in [1.54, 1.807) is 0 Å². The van der Waals surface area contributed by atoms with Crippen molar-refractivity contribution in [2.24, 2.45) is 0 Å². The van der Waals surface area contributed by atoms with Crippen molar-refractivity contribution in [3.05, 3.63) is 29.3 Å². The highest BCUT2D eigenvalue weighted by Gasteiger charge is 2.22. The first-order valence-electron chi connectivity index (χ1n) is 6.03. The summed E-state index contributed by atoms with van der Waals surface area (Å²) in [5.41, 5.74) is 4.75. The minimum absolute atomic E-state index is 0.170. The second-order valence-electron chi connectivity index (χ2n) is 4.52. The quantitative estimate of drug-likeness (QED) is 0.652. The Morgan fingerprint density at radius 2 is 1.83 bits per heavy atom. The summed E-state index contributed by atoms with van der Waals surface area (Å²) in [6.07, 6.45) is 4.56. The Morgan fingerprint density at radius 1 is 1.17 bits per heavy atom. The predicted octanol–water partition coefficient (Wildman–Crippen LogP) is 3.04. The SMILES string of the molecule is Nc1cc(C(=O)OC2CCCCC2)c(F)cc1F. The maximum Gasteiger partial charge on any atom is 0.341 e. The molecule has 18 heavy (non-hydrogen) atoms. The molecule has 0 atom stereocenters. The number of rotatable bonds is 2. The lowest BCUT2D eigenvalue weighted by molar-refractivity contribution is 0.0206. The van der Waals surface area contributed by atoms with Crippen molar-refractivity contribution < 1.29 is 18.3 Å². The van der Waals surface area contributed by atoms with E-state index in [9.17, 15) is 13.6 Å². The van der Waals surface area contributed by atoms with Gasteiger partial charge in [0.1, 0.15) is 17.7 Å². The first-order valence-corrected chi connectivity index (χ1v) is 6.03. The Bertz CT molecular complexity index is 457. The van der Waals surface area contributed by atoms with Gasteiger partial charge in [0.05, 0.1) is 11.3 Å². The molecule has 1 aromatic carbocycles. The number of esters is 1. The van der Waals surface area contributed by atoms with E-state index in [4.69, 9.17) is 10.5 Å². The Labute approximate surface area is 104 Å². The molecule has 0 bridgehead atoms. The van der Waals surface area contributed by atoms with Gasteiger partial charge in [-0.15, -0.1) is 0 Å². The van der Waals surface area contributed by atoms with Crippen LogP contribution in [-0.2, 0) is 4.74 Å². The maximum absolute atomic E-state index is 13.4. The largest absolute Gasteiger partial charge is 0.459 e. The molecule has 1 fully saturated rings. The third-order valence-electron chi connectivity index (χ3n) is 3.13. The van der Waals surface area contributed by atoms with Crippen molar-refractivity contribution in [1.82, 2.24) is 0 Å². The van der Waals surface area contributed by atoms with Gasteiger partial charge in [-0.1, -0.05) is 6.42 Å². The van der Waals surface area contributed by atoms with Gasteiger partial charge >= 0.3 is 5.97 Å². The molecule has 3 nitrogen and oxygen atoms in total. The van der Waals surface area contributed by atoms with Crippen LogP contribution >= 0.6 is 0 Å². The number of benzene rings is 1. The van der Waals surface area contributed by atoms with Crippen LogP contribution in [0.5, 0.6) is 0 Å². The third kappa shape index (κ3) is 2.78. The molecule has 5 heteroatoms. The topological polar surface area (TPSA) is 52.3 Å². The Kier molecular flexibility index (Phi) is 3.79. The smallest absolute Gasteiger partial charge is 0.341 e. The molecular weight excluding hydrogens is 240 g/mol. The number of carbonyl (C=O) groups excluding carboxylic acids is 1. The van der Waals surface area contributed by atoms with Crippen LogP contribution in [0.25, 0.3) is 0 Å². The number of ether oxygens (including phenoxy) is 1. The van der Waals surface area contributed by atoms with E-state index in [-0.39, 0.29) is 17.4 Å². The van der Waals surface area contributed by atoms with Crippen LogP contribution in [0.1, 0.15) is 42.5 Å². The molecule has 0 unspecified atom stereocenters. The molecule has 1 aromatic rings. The Morgan fingerprint density at radius 3 is 2.50 bits per heavy atom. The molecule has 0 heterocycles. The van der Waals surface area contributed by atoms with Gasteiger partial charge in [-0.05, 0) is 31.7 Å². The highest BCUT2D eigenvalue weighted by molar-refractivity contribution is 5.90. The average Bonchev–Trinajstić information content (AvgIpc) is 2.35. The van der Waals surface area contributed by atoms with Crippen molar-refractivity contribution in [1.29, 1.82) is 0 Å². The zero-order valence-electron chi connectivity index (χ0n) is 9.92. The van der Waals surface area contributed by atoms with Crippen LogP contribution in [-0.4, -0.2) is 12.1 Å². The number of carbonyl (C=O) groups is 1. The summed E-state index contributed by atoms with van der Waals surface area (Å²) in [6.45, 7) is 0. The zero-order valence-corrected chi connectivity index (χ0v) is 9.92. The summed E-state index contributed by atoms with van der Waals surface area (Å²) < 4.78 is 31.6. The molecule has 0 amide bonds. The first kappa shape index (κ1) is 12.8. The van der Waals surface area contributed by atoms with Crippen LogP contribution in [0.4, 0.5) is 14.5 Å². The third-order valence-corrected chi connectivity index (χ3v) is 3.13. The molecule has 98 valence electrons. The summed E-state index contributed by atoms with van der Waals surface area (Å²) in [7, 11) is 0. The van der Waals surface area contributed by atoms with Crippen LogP contribution in [0.15, 0.2) is 12.1 Å². The summed E-state index contributed by atoms with van der Waals surface area (Å²) >= 11 is 0. The van der Waals surface area contributed by atoms with E-state index >= 15 is 0 Å². The van der Waals surface area contributed by atoms with Gasteiger partial charge in [0.15, 0.2) is 0 Å². The van der Waals surface area contributed by atoms with Crippen molar-refractivity contribution in [2.75, 3.05) is 5.73 Å². The van der Waals surface area contributed by atoms with Gasteiger partial charge in [0, 0.05) is 6.07 Å². The standard InChI is InChI=1S/C13H15F2NO2/c14-10-7-11(15)12(16)6-9(10)13(17)18-8-4-2-1-3-5-8/h6-8H,1-5,16H2.